The highest BCUT2D eigenvalue weighted by atomic mass is 31.2. The quantitative estimate of drug-likeness (QED) is 0.0212. The lowest BCUT2D eigenvalue weighted by molar-refractivity contribution is -0.870. The number of hydrogen-bond acceptors (Lipinski definition) is 7. The fourth-order valence-electron chi connectivity index (χ4n) is 10.0. The van der Waals surface area contributed by atoms with E-state index in [0.29, 0.717) is 17.4 Å². The first-order chi connectivity index (χ1) is 37.9. The van der Waals surface area contributed by atoms with Crippen molar-refractivity contribution < 1.29 is 37.3 Å². The predicted molar refractivity (Wildman–Crippen MR) is 335 cm³/mol. The van der Waals surface area contributed by atoms with Crippen molar-refractivity contribution in [2.45, 2.75) is 348 Å². The minimum Gasteiger partial charge on any atom is -0.756 e. The fourth-order valence-corrected chi connectivity index (χ4v) is 10.8. The smallest absolute Gasteiger partial charge is 0.306 e. The molecule has 78 heavy (non-hydrogen) atoms. The standard InChI is InChI=1S/C68H131N2O7P/c1-7-10-13-16-19-22-25-28-30-32-33-34-35-36-37-38-40-43-46-49-52-55-58-61-68(72)77-66(59-56-53-50-47-44-41-27-24-21-18-15-12-9-3)65(64-76-78(73,74)75-63-62-70(4,5)6)69-67(71)60-57-54-51-48-45-42-39-31-29-26-23-20-17-14-11-8-2/h28,30-31,39,56,59,65-66H,7-27,29,32-38,40-55,57-58,60-64H2,1-6H3,(H-,69,71,73,74)/b30-28+,39-31+,59-56-. The lowest BCUT2D eigenvalue weighted by atomic mass is 10.0. The molecule has 3 unspecified atom stereocenters. The highest BCUT2D eigenvalue weighted by molar-refractivity contribution is 7.45. The molecule has 0 aromatic carbocycles. The second-order valence-electron chi connectivity index (χ2n) is 24.3. The summed E-state index contributed by atoms with van der Waals surface area (Å²) in [6.07, 6.45) is 71.1. The van der Waals surface area contributed by atoms with E-state index in [-0.39, 0.29) is 31.5 Å². The Morgan fingerprint density at radius 1 is 0.436 bits per heavy atom. The van der Waals surface area contributed by atoms with E-state index < -0.39 is 20.0 Å². The van der Waals surface area contributed by atoms with Gasteiger partial charge in [0.05, 0.1) is 33.8 Å². The van der Waals surface area contributed by atoms with Crippen LogP contribution >= 0.6 is 7.82 Å². The molecule has 10 heteroatoms. The maximum absolute atomic E-state index is 13.5. The zero-order valence-electron chi connectivity index (χ0n) is 52.6. The second kappa shape index (κ2) is 58.4. The number of amides is 1. The van der Waals surface area contributed by atoms with E-state index in [1.165, 1.54) is 225 Å². The highest BCUT2D eigenvalue weighted by Crippen LogP contribution is 2.38. The Labute approximate surface area is 485 Å². The normalized spacial score (nSPS) is 13.8. The van der Waals surface area contributed by atoms with E-state index in [4.69, 9.17) is 13.8 Å². The maximum Gasteiger partial charge on any atom is 0.306 e. The molecule has 0 aromatic rings. The van der Waals surface area contributed by atoms with Crippen LogP contribution in [-0.4, -0.2) is 69.4 Å². The van der Waals surface area contributed by atoms with Crippen LogP contribution in [0.1, 0.15) is 335 Å². The van der Waals surface area contributed by atoms with E-state index in [0.717, 1.165) is 77.0 Å². The minimum absolute atomic E-state index is 0.0217. The zero-order chi connectivity index (χ0) is 57.2. The van der Waals surface area contributed by atoms with E-state index in [2.05, 4.69) is 50.4 Å². The van der Waals surface area contributed by atoms with Gasteiger partial charge in [-0.15, -0.1) is 0 Å². The van der Waals surface area contributed by atoms with Gasteiger partial charge < -0.3 is 28.5 Å². The summed E-state index contributed by atoms with van der Waals surface area (Å²) in [4.78, 5) is 40.1. The number of carbonyl (C=O) groups excluding carboxylic acids is 2. The first-order valence-electron chi connectivity index (χ1n) is 33.8. The number of esters is 1. The Bertz CT molecular complexity index is 1430. The van der Waals surface area contributed by atoms with E-state index in [1.807, 2.05) is 33.3 Å². The molecule has 0 saturated heterocycles. The van der Waals surface area contributed by atoms with Crippen LogP contribution in [0.25, 0.3) is 0 Å². The van der Waals surface area contributed by atoms with E-state index >= 15 is 0 Å². The summed E-state index contributed by atoms with van der Waals surface area (Å²) < 4.78 is 30.4. The van der Waals surface area contributed by atoms with Crippen LogP contribution in [0.2, 0.25) is 0 Å². The van der Waals surface area contributed by atoms with Crippen molar-refractivity contribution in [3.8, 4) is 0 Å². The van der Waals surface area contributed by atoms with Crippen LogP contribution in [0.4, 0.5) is 0 Å². The summed E-state index contributed by atoms with van der Waals surface area (Å²) >= 11 is 0. The molecule has 3 atom stereocenters. The zero-order valence-corrected chi connectivity index (χ0v) is 53.5. The van der Waals surface area contributed by atoms with Gasteiger partial charge in [0, 0.05) is 12.8 Å². The molecule has 0 aliphatic heterocycles. The number of quaternary nitrogens is 1. The molecule has 0 fully saturated rings. The number of nitrogens with zero attached hydrogens (tertiary/aromatic N) is 1. The molecule has 0 aromatic heterocycles. The monoisotopic (exact) mass is 1120 g/mol. The van der Waals surface area contributed by atoms with Crippen molar-refractivity contribution in [3.63, 3.8) is 0 Å². The first kappa shape index (κ1) is 76.2. The Balaban J connectivity index is 5.14. The maximum atomic E-state index is 13.5. The van der Waals surface area contributed by atoms with Gasteiger partial charge in [-0.2, -0.15) is 0 Å². The Morgan fingerprint density at radius 2 is 0.744 bits per heavy atom. The van der Waals surface area contributed by atoms with Gasteiger partial charge in [0.2, 0.25) is 5.91 Å². The van der Waals surface area contributed by atoms with Crippen molar-refractivity contribution in [1.82, 2.24) is 5.32 Å². The number of unbranched alkanes of at least 4 members (excludes halogenated alkanes) is 42. The average molecular weight is 1120 g/mol. The molecular formula is C68H131N2O7P. The summed E-state index contributed by atoms with van der Waals surface area (Å²) in [6, 6.07) is -0.890. The van der Waals surface area contributed by atoms with Crippen molar-refractivity contribution in [1.29, 1.82) is 0 Å². The lowest BCUT2D eigenvalue weighted by Crippen LogP contribution is -2.47. The van der Waals surface area contributed by atoms with Gasteiger partial charge in [-0.05, 0) is 83.1 Å². The Morgan fingerprint density at radius 3 is 1.09 bits per heavy atom. The molecule has 0 saturated carbocycles. The number of hydrogen-bond donors (Lipinski definition) is 1. The molecule has 0 radical (unpaired) electrons. The molecule has 1 N–H and O–H groups in total. The van der Waals surface area contributed by atoms with Crippen molar-refractivity contribution in [2.24, 2.45) is 0 Å². The van der Waals surface area contributed by atoms with E-state index in [9.17, 15) is 19.0 Å². The summed E-state index contributed by atoms with van der Waals surface area (Å²) in [6.45, 7) is 6.88. The summed E-state index contributed by atoms with van der Waals surface area (Å²) in [5.74, 6) is -0.535. The molecule has 0 aliphatic rings. The summed E-state index contributed by atoms with van der Waals surface area (Å²) in [5, 5.41) is 3.04. The largest absolute Gasteiger partial charge is 0.756 e. The molecular weight excluding hydrogens is 988 g/mol. The van der Waals surface area contributed by atoms with Gasteiger partial charge in [-0.1, -0.05) is 276 Å². The number of phosphoric acid groups is 1. The summed E-state index contributed by atoms with van der Waals surface area (Å²) in [7, 11) is 1.19. The summed E-state index contributed by atoms with van der Waals surface area (Å²) in [5.41, 5.74) is 0. The Kier molecular flexibility index (Phi) is 57.1. The average Bonchev–Trinajstić information content (AvgIpc) is 3.40. The molecule has 1 amide bonds. The SMILES string of the molecule is CCCCCCCC/C=C/CCCCCCCCCCCCCCCC(=O)OC(/C=C\CCCCCCCCCCCCC)C(COP(=O)([O-])OCC[N+](C)(C)C)NC(=O)CCCCCCC/C=C/CCCCCCCCC. The third-order valence-corrected chi connectivity index (χ3v) is 16.3. The van der Waals surface area contributed by atoms with Gasteiger partial charge in [0.25, 0.3) is 7.82 Å². The van der Waals surface area contributed by atoms with Gasteiger partial charge in [0.15, 0.2) is 0 Å². The van der Waals surface area contributed by atoms with Crippen LogP contribution in [-0.2, 0) is 27.9 Å². The van der Waals surface area contributed by atoms with Crippen LogP contribution in [0, 0.1) is 0 Å². The van der Waals surface area contributed by atoms with Gasteiger partial charge in [0.1, 0.15) is 19.3 Å². The number of allylic oxidation sites excluding steroid dienone is 5. The lowest BCUT2D eigenvalue weighted by Gasteiger charge is -2.30. The van der Waals surface area contributed by atoms with E-state index in [1.54, 1.807) is 0 Å². The fraction of sp³-hybridized carbons (Fsp3) is 0.882. The minimum atomic E-state index is -4.70. The topological polar surface area (TPSA) is 114 Å². The van der Waals surface area contributed by atoms with Crippen molar-refractivity contribution in [2.75, 3.05) is 40.9 Å². The van der Waals surface area contributed by atoms with Crippen LogP contribution in [0.15, 0.2) is 36.5 Å². The first-order valence-corrected chi connectivity index (χ1v) is 35.3. The van der Waals surface area contributed by atoms with Crippen LogP contribution < -0.4 is 10.2 Å². The number of rotatable bonds is 62. The van der Waals surface area contributed by atoms with Crippen molar-refractivity contribution >= 4 is 19.7 Å². The third-order valence-electron chi connectivity index (χ3n) is 15.3. The molecule has 0 rings (SSSR count). The van der Waals surface area contributed by atoms with Crippen LogP contribution in [0.3, 0.4) is 0 Å². The van der Waals surface area contributed by atoms with Crippen LogP contribution in [0.5, 0.6) is 0 Å². The van der Waals surface area contributed by atoms with Gasteiger partial charge >= 0.3 is 5.97 Å². The number of phosphoric ester groups is 1. The molecule has 460 valence electrons. The highest BCUT2D eigenvalue weighted by Gasteiger charge is 2.27. The second-order valence-corrected chi connectivity index (χ2v) is 25.7. The molecule has 0 aliphatic carbocycles. The molecule has 0 heterocycles. The third kappa shape index (κ3) is 58.9. The Hall–Kier alpha value is -1.77. The number of ether oxygens (including phenoxy) is 1. The molecule has 0 spiro atoms. The predicted octanol–water partition coefficient (Wildman–Crippen LogP) is 20.4. The number of carbonyl (C=O) groups is 2. The van der Waals surface area contributed by atoms with Gasteiger partial charge in [-0.3, -0.25) is 14.2 Å². The number of likely N-dealkylation sites (N-methyl/N-ethyl adjacent to an activating group) is 1. The number of nitrogens with one attached hydrogen (secondary N) is 1. The van der Waals surface area contributed by atoms with Crippen molar-refractivity contribution in [3.05, 3.63) is 36.5 Å². The van der Waals surface area contributed by atoms with Gasteiger partial charge in [-0.25, -0.2) is 0 Å². The molecule has 0 bridgehead atoms. The molecule has 9 nitrogen and oxygen atoms in total.